The van der Waals surface area contributed by atoms with Gasteiger partial charge in [-0.25, -0.2) is 4.79 Å². The lowest BCUT2D eigenvalue weighted by molar-refractivity contribution is -0.270. The average Bonchev–Trinajstić information content (AvgIpc) is 2.70. The molecular formula is C24H37NO4. The van der Waals surface area contributed by atoms with Crippen LogP contribution in [0.2, 0.25) is 0 Å². The molecule has 0 aromatic rings. The van der Waals surface area contributed by atoms with Gasteiger partial charge < -0.3 is 19.8 Å². The minimum atomic E-state index is -0.509. The van der Waals surface area contributed by atoms with Crippen molar-refractivity contribution in [2.45, 2.75) is 84.0 Å². The lowest BCUT2D eigenvalue weighted by Crippen LogP contribution is -2.80. The molecule has 4 aliphatic carbocycles. The van der Waals surface area contributed by atoms with Gasteiger partial charge in [0.2, 0.25) is 0 Å². The summed E-state index contributed by atoms with van der Waals surface area (Å²) >= 11 is 0. The zero-order valence-electron chi connectivity index (χ0n) is 18.4. The van der Waals surface area contributed by atoms with Crippen LogP contribution in [0.1, 0.15) is 66.2 Å². The summed E-state index contributed by atoms with van der Waals surface area (Å²) in [6.07, 6.45) is 9.91. The molecule has 0 aromatic carbocycles. The number of rotatable bonds is 2. The van der Waals surface area contributed by atoms with E-state index in [0.717, 1.165) is 25.7 Å². The molecule has 8 atom stereocenters. The highest BCUT2D eigenvalue weighted by Crippen LogP contribution is 2.81. The van der Waals surface area contributed by atoms with Crippen LogP contribution in [0.5, 0.6) is 0 Å². The van der Waals surface area contributed by atoms with Gasteiger partial charge in [-0.15, -0.1) is 0 Å². The highest BCUT2D eigenvalue weighted by atomic mass is 16.6. The van der Waals surface area contributed by atoms with Gasteiger partial charge in [-0.1, -0.05) is 25.5 Å². The molecule has 5 nitrogen and oxygen atoms in total. The first-order valence-electron chi connectivity index (χ1n) is 11.6. The van der Waals surface area contributed by atoms with Crippen molar-refractivity contribution in [3.05, 3.63) is 12.2 Å². The Balaban J connectivity index is 1.61. The molecule has 162 valence electrons. The van der Waals surface area contributed by atoms with E-state index in [9.17, 15) is 15.0 Å². The Morgan fingerprint density at radius 1 is 1.31 bits per heavy atom. The van der Waals surface area contributed by atoms with Gasteiger partial charge in [-0.3, -0.25) is 0 Å². The third kappa shape index (κ3) is 2.16. The van der Waals surface area contributed by atoms with E-state index in [1.807, 2.05) is 25.7 Å². The van der Waals surface area contributed by atoms with Gasteiger partial charge in [-0.2, -0.15) is 0 Å². The lowest BCUT2D eigenvalue weighted by atomic mass is 9.36. The van der Waals surface area contributed by atoms with E-state index in [2.05, 4.69) is 19.1 Å². The SMILES string of the molecule is CC1CCC[C@@]23[C@@H](O)[C@@H]4C=CC[C@H]2[C@@]4(CCO)C[C@@H]2N(C(=O)OC(C)(C)C)C[C@@]123. The topological polar surface area (TPSA) is 70.0 Å². The van der Waals surface area contributed by atoms with E-state index in [4.69, 9.17) is 4.74 Å². The third-order valence-electron chi connectivity index (χ3n) is 9.72. The average molecular weight is 404 g/mol. The molecule has 0 radical (unpaired) electrons. The summed E-state index contributed by atoms with van der Waals surface area (Å²) < 4.78 is 5.77. The first kappa shape index (κ1) is 19.9. The highest BCUT2D eigenvalue weighted by molar-refractivity contribution is 5.71. The molecule has 4 fully saturated rings. The number of carbonyl (C=O) groups is 1. The molecule has 5 aliphatic rings. The number of allylic oxidation sites excluding steroid dienone is 1. The minimum absolute atomic E-state index is 0.0219. The fourth-order valence-electron chi connectivity index (χ4n) is 8.96. The zero-order chi connectivity index (χ0) is 20.8. The van der Waals surface area contributed by atoms with Crippen molar-refractivity contribution < 1.29 is 19.7 Å². The standard InChI is InChI=1S/C24H37NO4/c1-15-7-6-10-23-17-9-5-8-16(19(23)27)22(17,11-12-26)13-18-24(15,23)14-25(18)20(28)29-21(2,3)4/h5,8,15-19,26-27H,6-7,9-14H2,1-4H3/t15?,16-,17-,18-,19-,22-,23-,24+/m0/s1. The summed E-state index contributed by atoms with van der Waals surface area (Å²) in [5.74, 6) is 0.995. The first-order valence-corrected chi connectivity index (χ1v) is 11.6. The van der Waals surface area contributed by atoms with Crippen LogP contribution >= 0.6 is 0 Å². The van der Waals surface area contributed by atoms with Crippen LogP contribution in [0.3, 0.4) is 0 Å². The molecule has 2 spiro atoms. The molecule has 4 bridgehead atoms. The number of amides is 1. The van der Waals surface area contributed by atoms with Crippen LogP contribution in [-0.2, 0) is 4.74 Å². The van der Waals surface area contributed by atoms with Gasteiger partial charge in [0.1, 0.15) is 5.60 Å². The van der Waals surface area contributed by atoms with Crippen molar-refractivity contribution in [2.24, 2.45) is 34.0 Å². The molecule has 5 rings (SSSR count). The van der Waals surface area contributed by atoms with E-state index in [0.29, 0.717) is 24.8 Å². The largest absolute Gasteiger partial charge is 0.444 e. The van der Waals surface area contributed by atoms with Crippen LogP contribution in [-0.4, -0.2) is 52.1 Å². The summed E-state index contributed by atoms with van der Waals surface area (Å²) in [5.41, 5.74) is -0.777. The van der Waals surface area contributed by atoms with Crippen molar-refractivity contribution in [1.82, 2.24) is 4.90 Å². The van der Waals surface area contributed by atoms with Crippen LogP contribution in [0, 0.1) is 34.0 Å². The number of aliphatic hydroxyl groups is 2. The van der Waals surface area contributed by atoms with E-state index in [1.54, 1.807) is 0 Å². The number of hydrogen-bond donors (Lipinski definition) is 2. The number of aliphatic hydroxyl groups excluding tert-OH is 2. The molecule has 5 heteroatoms. The van der Waals surface area contributed by atoms with Gasteiger partial charge in [-0.05, 0) is 70.1 Å². The summed E-state index contributed by atoms with van der Waals surface area (Å²) in [6.45, 7) is 8.96. The van der Waals surface area contributed by atoms with Crippen LogP contribution in [0.4, 0.5) is 4.79 Å². The molecule has 0 aromatic heterocycles. The second-order valence-electron chi connectivity index (χ2n) is 11.6. The van der Waals surface area contributed by atoms with Crippen molar-refractivity contribution >= 4 is 6.09 Å². The first-order chi connectivity index (χ1) is 13.6. The Morgan fingerprint density at radius 2 is 2.07 bits per heavy atom. The Labute approximate surface area is 174 Å². The quantitative estimate of drug-likeness (QED) is 0.689. The Morgan fingerprint density at radius 3 is 2.76 bits per heavy atom. The fraction of sp³-hybridized carbons (Fsp3) is 0.875. The van der Waals surface area contributed by atoms with Crippen molar-refractivity contribution in [3.8, 4) is 0 Å². The summed E-state index contributed by atoms with van der Waals surface area (Å²) in [7, 11) is 0. The highest BCUT2D eigenvalue weighted by Gasteiger charge is 2.83. The van der Waals surface area contributed by atoms with E-state index in [-0.39, 0.29) is 47.0 Å². The number of carbonyl (C=O) groups excluding carboxylic acids is 1. The van der Waals surface area contributed by atoms with Gasteiger partial charge in [0.15, 0.2) is 0 Å². The minimum Gasteiger partial charge on any atom is -0.444 e. The van der Waals surface area contributed by atoms with Crippen LogP contribution in [0.15, 0.2) is 12.2 Å². The van der Waals surface area contributed by atoms with E-state index in [1.165, 1.54) is 6.42 Å². The summed E-state index contributed by atoms with van der Waals surface area (Å²) in [4.78, 5) is 15.0. The lowest BCUT2D eigenvalue weighted by Gasteiger charge is -2.74. The van der Waals surface area contributed by atoms with Gasteiger partial charge in [0.25, 0.3) is 0 Å². The number of ether oxygens (including phenoxy) is 1. The number of nitrogens with zero attached hydrogens (tertiary/aromatic N) is 1. The molecule has 3 saturated carbocycles. The van der Waals surface area contributed by atoms with Crippen molar-refractivity contribution in [3.63, 3.8) is 0 Å². The normalized spacial score (nSPS) is 49.9. The smallest absolute Gasteiger partial charge is 0.410 e. The van der Waals surface area contributed by atoms with Gasteiger partial charge in [0, 0.05) is 35.9 Å². The predicted molar refractivity (Wildman–Crippen MR) is 110 cm³/mol. The second-order valence-corrected chi connectivity index (χ2v) is 11.6. The second kappa shape index (κ2) is 6.00. The summed E-state index contributed by atoms with van der Waals surface area (Å²) in [6, 6.07) is 0.113. The van der Waals surface area contributed by atoms with Crippen molar-refractivity contribution in [1.29, 1.82) is 0 Å². The van der Waals surface area contributed by atoms with Crippen LogP contribution < -0.4 is 0 Å². The van der Waals surface area contributed by atoms with Crippen LogP contribution in [0.25, 0.3) is 0 Å². The van der Waals surface area contributed by atoms with E-state index >= 15 is 0 Å². The van der Waals surface area contributed by atoms with E-state index < -0.39 is 5.60 Å². The third-order valence-corrected chi connectivity index (χ3v) is 9.72. The Kier molecular flexibility index (Phi) is 4.11. The molecule has 1 amide bonds. The number of hydrogen-bond acceptors (Lipinski definition) is 4. The Bertz CT molecular complexity index is 744. The zero-order valence-corrected chi connectivity index (χ0v) is 18.4. The predicted octanol–water partition coefficient (Wildman–Crippen LogP) is 3.74. The Hall–Kier alpha value is -1.07. The molecule has 1 saturated heterocycles. The molecule has 1 heterocycles. The molecule has 2 N–H and O–H groups in total. The molecular weight excluding hydrogens is 366 g/mol. The monoisotopic (exact) mass is 403 g/mol. The fourth-order valence-corrected chi connectivity index (χ4v) is 8.96. The maximum Gasteiger partial charge on any atom is 0.410 e. The maximum atomic E-state index is 13.1. The maximum absolute atomic E-state index is 13.1. The van der Waals surface area contributed by atoms with Gasteiger partial charge >= 0.3 is 6.09 Å². The van der Waals surface area contributed by atoms with Gasteiger partial charge in [0.05, 0.1) is 6.10 Å². The summed E-state index contributed by atoms with van der Waals surface area (Å²) in [5, 5.41) is 21.8. The van der Waals surface area contributed by atoms with Crippen molar-refractivity contribution in [2.75, 3.05) is 13.2 Å². The molecule has 1 unspecified atom stereocenters. The molecule has 1 aliphatic heterocycles. The molecule has 29 heavy (non-hydrogen) atoms. The number of likely N-dealkylation sites (tertiary alicyclic amines) is 1.